The molecule has 4 aromatic carbocycles. The molecule has 0 aliphatic carbocycles. The van der Waals surface area contributed by atoms with Gasteiger partial charge >= 0.3 is 0 Å². The van der Waals surface area contributed by atoms with Crippen LogP contribution in [0.2, 0.25) is 0 Å². The van der Waals surface area contributed by atoms with E-state index >= 15 is 0 Å². The van der Waals surface area contributed by atoms with E-state index in [-0.39, 0.29) is 0 Å². The average Bonchev–Trinajstić information content (AvgIpc) is 3.28. The Morgan fingerprint density at radius 3 is 1.65 bits per heavy atom. The molecule has 0 fully saturated rings. The number of rotatable bonds is 5. The fraction of sp³-hybridized carbons (Fsp3) is 0.265. The topological polar surface area (TPSA) is 20.5 Å². The first-order chi connectivity index (χ1) is 18.2. The molecule has 0 N–H and O–H groups in total. The summed E-state index contributed by atoms with van der Waals surface area (Å²) in [5.41, 5.74) is 5.60. The quantitative estimate of drug-likeness (QED) is 0.176. The van der Waals surface area contributed by atoms with Crippen LogP contribution in [0, 0.1) is 0 Å². The van der Waals surface area contributed by atoms with Crippen molar-refractivity contribution in [2.45, 2.75) is 54.4 Å². The van der Waals surface area contributed by atoms with Crippen molar-refractivity contribution in [2.75, 3.05) is 5.01 Å². The maximum atomic E-state index is 4.83. The number of aromatic nitrogens is 1. The highest BCUT2D eigenvalue weighted by Crippen LogP contribution is 2.29. The van der Waals surface area contributed by atoms with Crippen LogP contribution >= 0.6 is 0 Å². The summed E-state index contributed by atoms with van der Waals surface area (Å²) < 4.78 is 2.24. The van der Waals surface area contributed by atoms with Crippen LogP contribution in [0.4, 0.5) is 11.4 Å². The molecule has 0 aliphatic rings. The molecule has 0 saturated carbocycles. The maximum absolute atomic E-state index is 4.83. The van der Waals surface area contributed by atoms with Gasteiger partial charge in [0.05, 0.1) is 17.6 Å². The molecule has 1 heterocycles. The largest absolute Gasteiger partial charge is 0.344 e. The zero-order valence-corrected chi connectivity index (χ0v) is 23.6. The van der Waals surface area contributed by atoms with Gasteiger partial charge < -0.3 is 4.57 Å². The van der Waals surface area contributed by atoms with Crippen LogP contribution in [0.3, 0.4) is 0 Å². The Labute approximate surface area is 224 Å². The molecule has 0 aliphatic heterocycles. The van der Waals surface area contributed by atoms with E-state index in [1.54, 1.807) is 0 Å². The van der Waals surface area contributed by atoms with E-state index in [2.05, 4.69) is 92.2 Å². The highest BCUT2D eigenvalue weighted by molar-refractivity contribution is 6.09. The summed E-state index contributed by atoms with van der Waals surface area (Å²) in [6.07, 6.45) is 4.57. The van der Waals surface area contributed by atoms with Crippen LogP contribution in [0.5, 0.6) is 0 Å². The van der Waals surface area contributed by atoms with Gasteiger partial charge in [0.25, 0.3) is 0 Å². The van der Waals surface area contributed by atoms with Crippen molar-refractivity contribution in [3.63, 3.8) is 0 Å². The SMILES string of the molecule is CC.CC.CCCC.Cn1c2ccccc2c2cc(C=NN(c3ccccc3)c3ccccc3)ccc21. The third-order valence-electron chi connectivity index (χ3n) is 5.76. The monoisotopic (exact) mass is 493 g/mol. The molecule has 0 atom stereocenters. The van der Waals surface area contributed by atoms with Crippen LogP contribution in [0.15, 0.2) is 108 Å². The van der Waals surface area contributed by atoms with Crippen LogP contribution in [-0.2, 0) is 7.05 Å². The predicted octanol–water partition coefficient (Wildman–Crippen LogP) is 10.4. The zero-order chi connectivity index (χ0) is 27.0. The Hall–Kier alpha value is -3.85. The number of hydrazone groups is 1. The number of aryl methyl sites for hydroxylation is 1. The molecular formula is C34H43N3. The lowest BCUT2D eigenvalue weighted by Crippen LogP contribution is -2.09. The van der Waals surface area contributed by atoms with Crippen LogP contribution in [0.25, 0.3) is 21.8 Å². The normalized spacial score (nSPS) is 10.1. The van der Waals surface area contributed by atoms with Gasteiger partial charge in [-0.1, -0.05) is 115 Å². The van der Waals surface area contributed by atoms with Crippen LogP contribution < -0.4 is 5.01 Å². The van der Waals surface area contributed by atoms with Crippen molar-refractivity contribution in [1.82, 2.24) is 4.57 Å². The summed E-state index contributed by atoms with van der Waals surface area (Å²) in [4.78, 5) is 0. The highest BCUT2D eigenvalue weighted by Gasteiger charge is 2.09. The number of nitrogens with zero attached hydrogens (tertiary/aromatic N) is 3. The van der Waals surface area contributed by atoms with E-state index in [9.17, 15) is 0 Å². The van der Waals surface area contributed by atoms with Gasteiger partial charge in [0.2, 0.25) is 0 Å². The van der Waals surface area contributed by atoms with E-state index < -0.39 is 0 Å². The second kappa shape index (κ2) is 16.0. The molecule has 0 saturated heterocycles. The molecular weight excluding hydrogens is 450 g/mol. The number of fused-ring (bicyclic) bond motifs is 3. The minimum atomic E-state index is 1.03. The van der Waals surface area contributed by atoms with Crippen molar-refractivity contribution in [3.05, 3.63) is 109 Å². The van der Waals surface area contributed by atoms with E-state index in [1.807, 2.05) is 75.3 Å². The molecule has 0 radical (unpaired) electrons. The van der Waals surface area contributed by atoms with Gasteiger partial charge in [-0.05, 0) is 48.0 Å². The molecule has 1 aromatic heterocycles. The van der Waals surface area contributed by atoms with E-state index in [1.165, 1.54) is 34.6 Å². The molecule has 5 aromatic rings. The second-order valence-corrected chi connectivity index (χ2v) is 8.08. The molecule has 3 heteroatoms. The lowest BCUT2D eigenvalue weighted by Gasteiger charge is -2.19. The number of hydrogen-bond donors (Lipinski definition) is 0. The van der Waals surface area contributed by atoms with Gasteiger partial charge in [0.1, 0.15) is 0 Å². The first kappa shape index (κ1) is 29.4. The van der Waals surface area contributed by atoms with Crippen molar-refractivity contribution in [2.24, 2.45) is 12.1 Å². The van der Waals surface area contributed by atoms with E-state index in [0.29, 0.717) is 0 Å². The number of benzene rings is 4. The molecule has 3 nitrogen and oxygen atoms in total. The minimum Gasteiger partial charge on any atom is -0.344 e. The molecule has 5 rings (SSSR count). The fourth-order valence-electron chi connectivity index (χ4n) is 3.81. The number of hydrogen-bond acceptors (Lipinski definition) is 2. The van der Waals surface area contributed by atoms with Crippen LogP contribution in [0.1, 0.15) is 59.9 Å². The highest BCUT2D eigenvalue weighted by atomic mass is 15.5. The lowest BCUT2D eigenvalue weighted by molar-refractivity contribution is 0.886. The first-order valence-corrected chi connectivity index (χ1v) is 13.6. The Morgan fingerprint density at radius 1 is 0.622 bits per heavy atom. The zero-order valence-electron chi connectivity index (χ0n) is 23.6. The van der Waals surface area contributed by atoms with Gasteiger partial charge in [-0.15, -0.1) is 0 Å². The molecule has 0 unspecified atom stereocenters. The van der Waals surface area contributed by atoms with Gasteiger partial charge in [-0.2, -0.15) is 5.10 Å². The van der Waals surface area contributed by atoms with Crippen molar-refractivity contribution in [1.29, 1.82) is 0 Å². The summed E-state index contributed by atoms with van der Waals surface area (Å²) >= 11 is 0. The van der Waals surface area contributed by atoms with E-state index in [4.69, 9.17) is 5.10 Å². The smallest absolute Gasteiger partial charge is 0.0652 e. The van der Waals surface area contributed by atoms with Crippen molar-refractivity contribution >= 4 is 39.4 Å². The van der Waals surface area contributed by atoms with Crippen molar-refractivity contribution < 1.29 is 0 Å². The fourth-order valence-corrected chi connectivity index (χ4v) is 3.81. The first-order valence-electron chi connectivity index (χ1n) is 13.6. The summed E-state index contributed by atoms with van der Waals surface area (Å²) in [6, 6.07) is 35.5. The lowest BCUT2D eigenvalue weighted by atomic mass is 10.1. The maximum Gasteiger partial charge on any atom is 0.0652 e. The number of anilines is 2. The van der Waals surface area contributed by atoms with Gasteiger partial charge in [-0.3, -0.25) is 0 Å². The Balaban J connectivity index is 0.000000541. The summed E-state index contributed by atoms with van der Waals surface area (Å²) in [5.74, 6) is 0. The second-order valence-electron chi connectivity index (χ2n) is 8.08. The predicted molar refractivity (Wildman–Crippen MR) is 166 cm³/mol. The van der Waals surface area contributed by atoms with Gasteiger partial charge in [-0.25, -0.2) is 5.01 Å². The third kappa shape index (κ3) is 7.57. The minimum absolute atomic E-state index is 1.03. The van der Waals surface area contributed by atoms with Gasteiger partial charge in [0.15, 0.2) is 0 Å². The number of unbranched alkanes of at least 4 members (excludes halogenated alkanes) is 1. The third-order valence-corrected chi connectivity index (χ3v) is 5.76. The summed E-state index contributed by atoms with van der Waals surface area (Å²) in [5, 5.41) is 9.31. The molecule has 37 heavy (non-hydrogen) atoms. The molecule has 0 amide bonds. The standard InChI is InChI=1S/C26H21N3.C4H10.2C2H6/c1-28-25-15-9-8-14-23(25)24-18-20(16-17-26(24)28)19-27-29(21-10-4-2-5-11-21)22-12-6-3-7-13-22;1-3-4-2;2*1-2/h2-19H,1H3;3-4H2,1-2H3;2*1-2H3. The molecule has 194 valence electrons. The van der Waals surface area contributed by atoms with Crippen LogP contribution in [-0.4, -0.2) is 10.8 Å². The Bertz CT molecular complexity index is 1290. The summed E-state index contributed by atoms with van der Waals surface area (Å²) in [6.45, 7) is 12.4. The number of para-hydroxylation sites is 3. The average molecular weight is 494 g/mol. The Kier molecular flexibility index (Phi) is 12.7. The van der Waals surface area contributed by atoms with Gasteiger partial charge in [0, 0.05) is 28.9 Å². The van der Waals surface area contributed by atoms with Crippen molar-refractivity contribution in [3.8, 4) is 0 Å². The summed E-state index contributed by atoms with van der Waals surface area (Å²) in [7, 11) is 2.12. The molecule has 0 bridgehead atoms. The Morgan fingerprint density at radius 2 is 1.11 bits per heavy atom. The molecule has 0 spiro atoms. The van der Waals surface area contributed by atoms with E-state index in [0.717, 1.165) is 16.9 Å².